The number of aliphatic hydroxyl groups excluding tert-OH is 1. The second-order valence-electron chi connectivity index (χ2n) is 3.03. The molecule has 0 aromatic carbocycles. The molecule has 1 aliphatic heterocycles. The molecule has 1 unspecified atom stereocenters. The van der Waals surface area contributed by atoms with E-state index in [-0.39, 0.29) is 18.4 Å². The van der Waals surface area contributed by atoms with E-state index >= 15 is 0 Å². The summed E-state index contributed by atoms with van der Waals surface area (Å²) in [7, 11) is 0. The Morgan fingerprint density at radius 2 is 2.36 bits per heavy atom. The number of aliphatic hydroxyl groups is 1. The summed E-state index contributed by atoms with van der Waals surface area (Å²) in [4.78, 5) is 10.4. The van der Waals surface area contributed by atoms with Crippen LogP contribution in [0.4, 0.5) is 0 Å². The largest absolute Gasteiger partial charge is 0.481 e. The molecule has 1 aliphatic rings. The van der Waals surface area contributed by atoms with Gasteiger partial charge < -0.3 is 10.2 Å². The second-order valence-corrected chi connectivity index (χ2v) is 4.14. The van der Waals surface area contributed by atoms with E-state index in [1.807, 2.05) is 0 Å². The molecule has 3 nitrogen and oxygen atoms in total. The van der Waals surface area contributed by atoms with Crippen molar-refractivity contribution in [1.29, 1.82) is 0 Å². The third-order valence-electron chi connectivity index (χ3n) is 2.05. The molecule has 0 saturated carbocycles. The zero-order valence-corrected chi connectivity index (χ0v) is 7.06. The van der Waals surface area contributed by atoms with Crippen LogP contribution in [-0.2, 0) is 4.79 Å². The van der Waals surface area contributed by atoms with Crippen molar-refractivity contribution in [3.05, 3.63) is 0 Å². The number of thioether (sulfide) groups is 1. The molecule has 1 atom stereocenters. The highest BCUT2D eigenvalue weighted by Gasteiger charge is 2.35. The van der Waals surface area contributed by atoms with Gasteiger partial charge in [0.2, 0.25) is 0 Å². The van der Waals surface area contributed by atoms with Crippen LogP contribution in [0.15, 0.2) is 0 Å². The van der Waals surface area contributed by atoms with E-state index in [0.717, 1.165) is 17.9 Å². The zero-order valence-electron chi connectivity index (χ0n) is 6.25. The Kier molecular flexibility index (Phi) is 2.78. The predicted octanol–water partition coefficient (Wildman–Crippen LogP) is 0.577. The van der Waals surface area contributed by atoms with E-state index < -0.39 is 5.97 Å². The molecule has 0 aromatic rings. The van der Waals surface area contributed by atoms with Crippen LogP contribution >= 0.6 is 11.8 Å². The van der Waals surface area contributed by atoms with Crippen molar-refractivity contribution in [3.8, 4) is 0 Å². The van der Waals surface area contributed by atoms with Crippen molar-refractivity contribution in [2.75, 3.05) is 18.1 Å². The second kappa shape index (κ2) is 3.45. The van der Waals surface area contributed by atoms with Gasteiger partial charge in [-0.2, -0.15) is 11.8 Å². The van der Waals surface area contributed by atoms with Crippen molar-refractivity contribution in [2.24, 2.45) is 5.41 Å². The Hall–Kier alpha value is -0.220. The van der Waals surface area contributed by atoms with E-state index in [0.29, 0.717) is 0 Å². The first-order chi connectivity index (χ1) is 5.18. The first-order valence-electron chi connectivity index (χ1n) is 3.59. The first kappa shape index (κ1) is 8.87. The van der Waals surface area contributed by atoms with Gasteiger partial charge in [0, 0.05) is 11.2 Å². The van der Waals surface area contributed by atoms with E-state index in [1.165, 1.54) is 0 Å². The maximum atomic E-state index is 10.4. The molecule has 0 amide bonds. The lowest BCUT2D eigenvalue weighted by Gasteiger charge is -2.22. The minimum Gasteiger partial charge on any atom is -0.481 e. The van der Waals surface area contributed by atoms with Crippen LogP contribution in [0.25, 0.3) is 0 Å². The van der Waals surface area contributed by atoms with E-state index in [2.05, 4.69) is 0 Å². The summed E-state index contributed by atoms with van der Waals surface area (Å²) in [5.74, 6) is 0.963. The van der Waals surface area contributed by atoms with Gasteiger partial charge in [-0.25, -0.2) is 0 Å². The van der Waals surface area contributed by atoms with E-state index in [9.17, 15) is 4.79 Å². The van der Waals surface area contributed by atoms with Gasteiger partial charge in [0.1, 0.15) is 0 Å². The molecule has 0 aromatic heterocycles. The fourth-order valence-electron chi connectivity index (χ4n) is 1.29. The third-order valence-corrected chi connectivity index (χ3v) is 3.36. The molecule has 0 radical (unpaired) electrons. The van der Waals surface area contributed by atoms with Crippen molar-refractivity contribution in [1.82, 2.24) is 0 Å². The molecule has 1 saturated heterocycles. The van der Waals surface area contributed by atoms with Crippen molar-refractivity contribution in [2.45, 2.75) is 12.8 Å². The highest BCUT2D eigenvalue weighted by Crippen LogP contribution is 2.38. The number of hydrogen-bond acceptors (Lipinski definition) is 3. The molecule has 64 valence electrons. The topological polar surface area (TPSA) is 57.5 Å². The van der Waals surface area contributed by atoms with Crippen LogP contribution in [0.1, 0.15) is 12.8 Å². The molecule has 0 aliphatic carbocycles. The van der Waals surface area contributed by atoms with Crippen LogP contribution < -0.4 is 0 Å². The minimum atomic E-state index is -0.804. The molecule has 4 heteroatoms. The summed E-state index contributed by atoms with van der Waals surface area (Å²) in [5, 5.41) is 17.5. The van der Waals surface area contributed by atoms with Gasteiger partial charge in [-0.15, -0.1) is 0 Å². The molecule has 1 heterocycles. The molecule has 0 bridgehead atoms. The molecule has 0 spiro atoms. The Morgan fingerprint density at radius 3 is 2.73 bits per heavy atom. The van der Waals surface area contributed by atoms with Gasteiger partial charge in [-0.1, -0.05) is 0 Å². The normalized spacial score (nSPS) is 30.6. The Balaban J connectivity index is 2.52. The summed E-state index contributed by atoms with van der Waals surface area (Å²) in [5.41, 5.74) is -0.323. The van der Waals surface area contributed by atoms with Crippen LogP contribution in [0.5, 0.6) is 0 Å². The number of carbonyl (C=O) groups is 1. The van der Waals surface area contributed by atoms with Gasteiger partial charge >= 0.3 is 5.97 Å². The highest BCUT2D eigenvalue weighted by molar-refractivity contribution is 7.99. The number of carboxylic acid groups (broad SMARTS) is 1. The quantitative estimate of drug-likeness (QED) is 0.660. The maximum absolute atomic E-state index is 10.4. The third kappa shape index (κ3) is 2.10. The smallest absolute Gasteiger partial charge is 0.304 e. The van der Waals surface area contributed by atoms with Crippen LogP contribution in [0.2, 0.25) is 0 Å². The van der Waals surface area contributed by atoms with Crippen molar-refractivity contribution < 1.29 is 15.0 Å². The average Bonchev–Trinajstić information content (AvgIpc) is 2.36. The standard InChI is InChI=1S/C7H12O3S/c8-4-7(3-6(9)10)1-2-11-5-7/h8H,1-5H2,(H,9,10). The molecule has 1 rings (SSSR count). The fraction of sp³-hybridized carbons (Fsp3) is 0.857. The Morgan fingerprint density at radius 1 is 1.64 bits per heavy atom. The number of hydrogen-bond donors (Lipinski definition) is 2. The number of aliphatic carboxylic acids is 1. The summed E-state index contributed by atoms with van der Waals surface area (Å²) in [6.07, 6.45) is 0.941. The highest BCUT2D eigenvalue weighted by atomic mass is 32.2. The zero-order chi connectivity index (χ0) is 8.32. The number of rotatable bonds is 3. The summed E-state index contributed by atoms with van der Waals surface area (Å²) in [6.45, 7) is 0.00625. The van der Waals surface area contributed by atoms with E-state index in [1.54, 1.807) is 11.8 Å². The lowest BCUT2D eigenvalue weighted by atomic mass is 9.85. The Labute approximate surface area is 69.8 Å². The molecular formula is C7H12O3S. The molecular weight excluding hydrogens is 164 g/mol. The van der Waals surface area contributed by atoms with Crippen LogP contribution in [0, 0.1) is 5.41 Å². The summed E-state index contributed by atoms with van der Waals surface area (Å²) >= 11 is 1.72. The number of carboxylic acids is 1. The van der Waals surface area contributed by atoms with Crippen LogP contribution in [-0.4, -0.2) is 34.3 Å². The first-order valence-corrected chi connectivity index (χ1v) is 4.74. The lowest BCUT2D eigenvalue weighted by molar-refractivity contribution is -0.140. The van der Waals surface area contributed by atoms with Crippen molar-refractivity contribution in [3.63, 3.8) is 0 Å². The van der Waals surface area contributed by atoms with Crippen molar-refractivity contribution >= 4 is 17.7 Å². The fourth-order valence-corrected chi connectivity index (χ4v) is 2.78. The van der Waals surface area contributed by atoms with Gasteiger partial charge in [0.25, 0.3) is 0 Å². The van der Waals surface area contributed by atoms with Gasteiger partial charge in [-0.3, -0.25) is 4.79 Å². The van der Waals surface area contributed by atoms with E-state index in [4.69, 9.17) is 10.2 Å². The lowest BCUT2D eigenvalue weighted by Crippen LogP contribution is -2.28. The van der Waals surface area contributed by atoms with Gasteiger partial charge in [0.05, 0.1) is 13.0 Å². The summed E-state index contributed by atoms with van der Waals surface area (Å²) in [6, 6.07) is 0. The predicted molar refractivity (Wildman–Crippen MR) is 43.7 cm³/mol. The average molecular weight is 176 g/mol. The molecule has 2 N–H and O–H groups in total. The van der Waals surface area contributed by atoms with Gasteiger partial charge in [-0.05, 0) is 12.2 Å². The summed E-state index contributed by atoms with van der Waals surface area (Å²) < 4.78 is 0. The monoisotopic (exact) mass is 176 g/mol. The van der Waals surface area contributed by atoms with Gasteiger partial charge in [0.15, 0.2) is 0 Å². The van der Waals surface area contributed by atoms with Crippen LogP contribution in [0.3, 0.4) is 0 Å². The maximum Gasteiger partial charge on any atom is 0.304 e. The minimum absolute atomic E-state index is 0.00625. The molecule has 11 heavy (non-hydrogen) atoms. The molecule has 1 fully saturated rings. The Bertz CT molecular complexity index is 152. The SMILES string of the molecule is O=C(O)CC1(CO)CCSC1.